The number of hydrogen-bond donors (Lipinski definition) is 1. The van der Waals surface area contributed by atoms with Crippen molar-refractivity contribution in [3.05, 3.63) is 41.0 Å². The van der Waals surface area contributed by atoms with Crippen LogP contribution in [0.3, 0.4) is 0 Å². The molecule has 1 aromatic carbocycles. The number of nitrogens with one attached hydrogen (secondary N) is 1. The fraction of sp³-hybridized carbons (Fsp3) is 0.308. The van der Waals surface area contributed by atoms with Crippen molar-refractivity contribution in [2.45, 2.75) is 25.3 Å². The van der Waals surface area contributed by atoms with Gasteiger partial charge in [-0.05, 0) is 31.5 Å². The Morgan fingerprint density at radius 2 is 2.10 bits per heavy atom. The van der Waals surface area contributed by atoms with Crippen LogP contribution in [0.5, 0.6) is 5.75 Å². The highest BCUT2D eigenvalue weighted by atomic mass is 32.2. The summed E-state index contributed by atoms with van der Waals surface area (Å²) in [5.41, 5.74) is 0.754. The SMILES string of the molecule is COc1ccc(CNS(=O)(=O)c2c(C)noc2C)cc1F. The summed E-state index contributed by atoms with van der Waals surface area (Å²) in [6.07, 6.45) is 0. The van der Waals surface area contributed by atoms with Crippen LogP contribution in [0.4, 0.5) is 4.39 Å². The van der Waals surface area contributed by atoms with Crippen molar-refractivity contribution >= 4 is 10.0 Å². The molecule has 2 aromatic rings. The number of methoxy groups -OCH3 is 1. The van der Waals surface area contributed by atoms with Crippen LogP contribution in [-0.4, -0.2) is 20.7 Å². The van der Waals surface area contributed by atoms with Crippen LogP contribution in [0.15, 0.2) is 27.6 Å². The van der Waals surface area contributed by atoms with Gasteiger partial charge < -0.3 is 9.26 Å². The number of aromatic nitrogens is 1. The summed E-state index contributed by atoms with van der Waals surface area (Å²) in [5.74, 6) is -0.236. The van der Waals surface area contributed by atoms with Crippen molar-refractivity contribution in [2.24, 2.45) is 0 Å². The largest absolute Gasteiger partial charge is 0.494 e. The van der Waals surface area contributed by atoms with Gasteiger partial charge in [0, 0.05) is 6.54 Å². The lowest BCUT2D eigenvalue weighted by molar-refractivity contribution is 0.386. The van der Waals surface area contributed by atoms with E-state index in [0.717, 1.165) is 0 Å². The van der Waals surface area contributed by atoms with Gasteiger partial charge in [-0.2, -0.15) is 0 Å². The molecule has 0 saturated carbocycles. The van der Waals surface area contributed by atoms with E-state index in [1.165, 1.54) is 33.1 Å². The van der Waals surface area contributed by atoms with E-state index in [9.17, 15) is 12.8 Å². The first kappa shape index (κ1) is 15.5. The van der Waals surface area contributed by atoms with Gasteiger partial charge in [0.1, 0.15) is 10.6 Å². The molecule has 0 radical (unpaired) electrons. The summed E-state index contributed by atoms with van der Waals surface area (Å²) in [7, 11) is -2.41. The molecule has 6 nitrogen and oxygen atoms in total. The molecule has 1 aromatic heterocycles. The van der Waals surface area contributed by atoms with Crippen molar-refractivity contribution in [3.8, 4) is 5.75 Å². The second-order valence-electron chi connectivity index (χ2n) is 4.45. The number of ether oxygens (including phenoxy) is 1. The summed E-state index contributed by atoms with van der Waals surface area (Å²) in [6.45, 7) is 3.01. The summed E-state index contributed by atoms with van der Waals surface area (Å²) in [4.78, 5) is 0.0106. The molecule has 0 spiro atoms. The van der Waals surface area contributed by atoms with Crippen molar-refractivity contribution < 1.29 is 22.1 Å². The van der Waals surface area contributed by atoms with Gasteiger partial charge in [-0.3, -0.25) is 0 Å². The van der Waals surface area contributed by atoms with E-state index in [-0.39, 0.29) is 28.6 Å². The van der Waals surface area contributed by atoms with Crippen molar-refractivity contribution in [1.29, 1.82) is 0 Å². The number of benzene rings is 1. The second kappa shape index (κ2) is 5.82. The Labute approximate surface area is 122 Å². The molecule has 0 unspecified atom stereocenters. The van der Waals surface area contributed by atoms with Gasteiger partial charge in [-0.1, -0.05) is 11.2 Å². The number of rotatable bonds is 5. The fourth-order valence-electron chi connectivity index (χ4n) is 1.93. The molecular weight excluding hydrogens is 299 g/mol. The molecule has 114 valence electrons. The zero-order valence-electron chi connectivity index (χ0n) is 11.8. The number of sulfonamides is 1. The molecule has 1 heterocycles. The van der Waals surface area contributed by atoms with E-state index in [2.05, 4.69) is 9.88 Å². The maximum absolute atomic E-state index is 13.5. The molecule has 0 aliphatic carbocycles. The first-order chi connectivity index (χ1) is 9.85. The van der Waals surface area contributed by atoms with E-state index in [1.807, 2.05) is 0 Å². The first-order valence-electron chi connectivity index (χ1n) is 6.10. The van der Waals surface area contributed by atoms with Crippen LogP contribution in [0.25, 0.3) is 0 Å². The number of hydrogen-bond acceptors (Lipinski definition) is 5. The van der Waals surface area contributed by atoms with Gasteiger partial charge in [0.25, 0.3) is 0 Å². The monoisotopic (exact) mass is 314 g/mol. The second-order valence-corrected chi connectivity index (χ2v) is 6.15. The zero-order chi connectivity index (χ0) is 15.6. The smallest absolute Gasteiger partial charge is 0.246 e. The zero-order valence-corrected chi connectivity index (χ0v) is 12.6. The summed E-state index contributed by atoms with van der Waals surface area (Å²) in [5, 5.41) is 3.60. The third-order valence-electron chi connectivity index (χ3n) is 2.92. The molecule has 1 N–H and O–H groups in total. The third-order valence-corrected chi connectivity index (χ3v) is 4.56. The Bertz CT molecular complexity index is 736. The van der Waals surface area contributed by atoms with Gasteiger partial charge in [0.15, 0.2) is 17.3 Å². The average molecular weight is 314 g/mol. The van der Waals surface area contributed by atoms with Crippen LogP contribution in [-0.2, 0) is 16.6 Å². The Morgan fingerprint density at radius 1 is 1.38 bits per heavy atom. The van der Waals surface area contributed by atoms with Crippen molar-refractivity contribution in [2.75, 3.05) is 7.11 Å². The van der Waals surface area contributed by atoms with Crippen LogP contribution < -0.4 is 9.46 Å². The number of aryl methyl sites for hydroxylation is 2. The molecule has 0 amide bonds. The predicted octanol–water partition coefficient (Wildman–Crippen LogP) is 1.92. The van der Waals surface area contributed by atoms with E-state index >= 15 is 0 Å². The van der Waals surface area contributed by atoms with E-state index in [4.69, 9.17) is 9.26 Å². The minimum atomic E-state index is -3.76. The molecular formula is C13H15FN2O4S. The Morgan fingerprint density at radius 3 is 2.62 bits per heavy atom. The van der Waals surface area contributed by atoms with E-state index in [0.29, 0.717) is 5.56 Å². The molecule has 2 rings (SSSR count). The minimum absolute atomic E-state index is 0.0106. The number of nitrogens with zero attached hydrogens (tertiary/aromatic N) is 1. The van der Waals surface area contributed by atoms with Crippen LogP contribution in [0.2, 0.25) is 0 Å². The first-order valence-corrected chi connectivity index (χ1v) is 7.58. The standard InChI is InChI=1S/C13H15FN2O4S/c1-8-13(9(2)20-16-8)21(17,18)15-7-10-4-5-12(19-3)11(14)6-10/h4-6,15H,7H2,1-3H3. The highest BCUT2D eigenvalue weighted by Crippen LogP contribution is 2.20. The Balaban J connectivity index is 2.18. The molecule has 0 fully saturated rings. The van der Waals surface area contributed by atoms with Gasteiger partial charge in [-0.25, -0.2) is 17.5 Å². The molecule has 0 aliphatic heterocycles. The van der Waals surface area contributed by atoms with Crippen LogP contribution >= 0.6 is 0 Å². The average Bonchev–Trinajstić information content (AvgIpc) is 2.77. The normalized spacial score (nSPS) is 11.6. The molecule has 21 heavy (non-hydrogen) atoms. The maximum Gasteiger partial charge on any atom is 0.246 e. The third kappa shape index (κ3) is 3.22. The van der Waals surface area contributed by atoms with Crippen molar-refractivity contribution in [3.63, 3.8) is 0 Å². The summed E-state index contributed by atoms with van der Waals surface area (Å²) >= 11 is 0. The molecule has 0 aliphatic rings. The highest BCUT2D eigenvalue weighted by Gasteiger charge is 2.23. The quantitative estimate of drug-likeness (QED) is 0.912. The topological polar surface area (TPSA) is 81.4 Å². The highest BCUT2D eigenvalue weighted by molar-refractivity contribution is 7.89. The molecule has 0 saturated heterocycles. The van der Waals surface area contributed by atoms with E-state index in [1.54, 1.807) is 6.07 Å². The van der Waals surface area contributed by atoms with Crippen LogP contribution in [0, 0.1) is 19.7 Å². The van der Waals surface area contributed by atoms with Crippen molar-refractivity contribution in [1.82, 2.24) is 9.88 Å². The molecule has 0 bridgehead atoms. The lowest BCUT2D eigenvalue weighted by Crippen LogP contribution is -2.24. The van der Waals surface area contributed by atoms with Gasteiger partial charge >= 0.3 is 0 Å². The summed E-state index contributed by atoms with van der Waals surface area (Å²) in [6, 6.07) is 4.24. The molecule has 8 heteroatoms. The summed E-state index contributed by atoms with van der Waals surface area (Å²) < 4.78 is 49.9. The fourth-order valence-corrected chi connectivity index (χ4v) is 3.27. The predicted molar refractivity (Wildman–Crippen MR) is 73.0 cm³/mol. The maximum atomic E-state index is 13.5. The van der Waals surface area contributed by atoms with Gasteiger partial charge in [0.2, 0.25) is 10.0 Å². The molecule has 0 atom stereocenters. The lowest BCUT2D eigenvalue weighted by atomic mass is 10.2. The van der Waals surface area contributed by atoms with Gasteiger partial charge in [-0.15, -0.1) is 0 Å². The van der Waals surface area contributed by atoms with E-state index < -0.39 is 15.8 Å². The lowest BCUT2D eigenvalue weighted by Gasteiger charge is -2.08. The Kier molecular flexibility index (Phi) is 4.29. The Hall–Kier alpha value is -1.93. The minimum Gasteiger partial charge on any atom is -0.494 e. The number of halogens is 1. The van der Waals surface area contributed by atoms with Crippen LogP contribution in [0.1, 0.15) is 17.0 Å². The van der Waals surface area contributed by atoms with Gasteiger partial charge in [0.05, 0.1) is 7.11 Å².